The Hall–Kier alpha value is -1.10. The first-order valence-corrected chi connectivity index (χ1v) is 7.47. The Morgan fingerprint density at radius 2 is 2.15 bits per heavy atom. The Kier molecular flexibility index (Phi) is 5.83. The van der Waals surface area contributed by atoms with E-state index in [1.165, 1.54) is 0 Å². The molecule has 1 N–H and O–H groups in total. The molecule has 0 unspecified atom stereocenters. The van der Waals surface area contributed by atoms with Gasteiger partial charge in [-0.3, -0.25) is 4.79 Å². The van der Waals surface area contributed by atoms with Gasteiger partial charge >= 0.3 is 0 Å². The molecule has 0 spiro atoms. The maximum atomic E-state index is 12.4. The third kappa shape index (κ3) is 4.20. The van der Waals surface area contributed by atoms with Gasteiger partial charge in [-0.1, -0.05) is 11.6 Å². The first-order chi connectivity index (χ1) is 9.70. The van der Waals surface area contributed by atoms with E-state index in [1.807, 2.05) is 6.92 Å². The fourth-order valence-corrected chi connectivity index (χ4v) is 2.50. The summed E-state index contributed by atoms with van der Waals surface area (Å²) in [5, 5.41) is 3.87. The van der Waals surface area contributed by atoms with Gasteiger partial charge in [0, 0.05) is 44.2 Å². The van der Waals surface area contributed by atoms with Crippen LogP contribution in [0.25, 0.3) is 0 Å². The molecule has 1 saturated heterocycles. The average molecular weight is 297 g/mol. The number of nitrogens with zero attached hydrogens (tertiary/aromatic N) is 1. The summed E-state index contributed by atoms with van der Waals surface area (Å²) < 4.78 is 5.50. The lowest BCUT2D eigenvalue weighted by atomic mass is 10.1. The van der Waals surface area contributed by atoms with Gasteiger partial charge in [0.2, 0.25) is 0 Å². The summed E-state index contributed by atoms with van der Waals surface area (Å²) in [6, 6.07) is 5.22. The van der Waals surface area contributed by atoms with Crippen molar-refractivity contribution < 1.29 is 9.53 Å². The number of benzene rings is 1. The monoisotopic (exact) mass is 296 g/mol. The van der Waals surface area contributed by atoms with Crippen LogP contribution in [-0.4, -0.2) is 50.0 Å². The summed E-state index contributed by atoms with van der Waals surface area (Å²) in [7, 11) is 0. The molecule has 0 aromatic heterocycles. The molecule has 0 atom stereocenters. The van der Waals surface area contributed by atoms with E-state index in [1.54, 1.807) is 18.2 Å². The standard InChI is InChI=1S/C15H21ClN2O2/c1-2-20-15-4-3-12(16)11-13(15)14(19)5-8-18-9-6-17-7-10-18/h3-4,11,17H,2,5-10H2,1H3. The SMILES string of the molecule is CCOc1ccc(Cl)cc1C(=O)CCN1CCNCC1. The number of ketones is 1. The minimum absolute atomic E-state index is 0.0921. The highest BCUT2D eigenvalue weighted by Gasteiger charge is 2.16. The molecule has 2 rings (SSSR count). The van der Waals surface area contributed by atoms with Crippen LogP contribution in [0.3, 0.4) is 0 Å². The van der Waals surface area contributed by atoms with Gasteiger partial charge in [0.05, 0.1) is 12.2 Å². The highest BCUT2D eigenvalue weighted by atomic mass is 35.5. The van der Waals surface area contributed by atoms with Crippen LogP contribution < -0.4 is 10.1 Å². The van der Waals surface area contributed by atoms with Crippen molar-refractivity contribution in [2.75, 3.05) is 39.3 Å². The van der Waals surface area contributed by atoms with Gasteiger partial charge in [-0.2, -0.15) is 0 Å². The fraction of sp³-hybridized carbons (Fsp3) is 0.533. The normalized spacial score (nSPS) is 16.1. The van der Waals surface area contributed by atoms with Crippen LogP contribution in [0.5, 0.6) is 5.75 Å². The van der Waals surface area contributed by atoms with Crippen LogP contribution in [0.15, 0.2) is 18.2 Å². The second-order valence-electron chi connectivity index (χ2n) is 4.84. The first kappa shape index (κ1) is 15.3. The molecule has 5 heteroatoms. The molecule has 0 radical (unpaired) electrons. The van der Waals surface area contributed by atoms with E-state index in [2.05, 4.69) is 10.2 Å². The predicted molar refractivity (Wildman–Crippen MR) is 80.9 cm³/mol. The van der Waals surface area contributed by atoms with E-state index in [9.17, 15) is 4.79 Å². The third-order valence-electron chi connectivity index (χ3n) is 3.41. The predicted octanol–water partition coefficient (Wildman–Crippen LogP) is 2.22. The van der Waals surface area contributed by atoms with Crippen LogP contribution in [0.1, 0.15) is 23.7 Å². The van der Waals surface area contributed by atoms with Gasteiger partial charge < -0.3 is 15.0 Å². The van der Waals surface area contributed by atoms with Gasteiger partial charge in [-0.25, -0.2) is 0 Å². The summed E-state index contributed by atoms with van der Waals surface area (Å²) in [5.41, 5.74) is 0.592. The zero-order valence-electron chi connectivity index (χ0n) is 11.8. The number of ether oxygens (including phenoxy) is 1. The number of nitrogens with one attached hydrogen (secondary N) is 1. The van der Waals surface area contributed by atoms with Crippen molar-refractivity contribution in [1.82, 2.24) is 10.2 Å². The summed E-state index contributed by atoms with van der Waals surface area (Å²) in [6.07, 6.45) is 0.500. The van der Waals surface area contributed by atoms with Crippen molar-refractivity contribution in [2.45, 2.75) is 13.3 Å². The quantitative estimate of drug-likeness (QED) is 0.817. The highest BCUT2D eigenvalue weighted by molar-refractivity contribution is 6.31. The highest BCUT2D eigenvalue weighted by Crippen LogP contribution is 2.24. The van der Waals surface area contributed by atoms with E-state index < -0.39 is 0 Å². The van der Waals surface area contributed by atoms with E-state index in [-0.39, 0.29) is 5.78 Å². The van der Waals surface area contributed by atoms with Crippen LogP contribution in [-0.2, 0) is 0 Å². The molecule has 4 nitrogen and oxygen atoms in total. The number of Topliss-reactive ketones (excluding diaryl/α,β-unsaturated/α-hetero) is 1. The second kappa shape index (κ2) is 7.62. The summed E-state index contributed by atoms with van der Waals surface area (Å²) in [4.78, 5) is 14.7. The molecule has 1 aromatic carbocycles. The number of piperazine rings is 1. The third-order valence-corrected chi connectivity index (χ3v) is 3.64. The molecule has 1 fully saturated rings. The van der Waals surface area contributed by atoms with Gasteiger partial charge in [0.15, 0.2) is 5.78 Å². The Morgan fingerprint density at radius 3 is 2.85 bits per heavy atom. The molecular formula is C15H21ClN2O2. The summed E-state index contributed by atoms with van der Waals surface area (Å²) >= 11 is 5.98. The molecule has 1 aliphatic heterocycles. The topological polar surface area (TPSA) is 41.6 Å². The Balaban J connectivity index is 1.98. The summed E-state index contributed by atoms with van der Waals surface area (Å²) in [6.45, 7) is 7.23. The zero-order valence-corrected chi connectivity index (χ0v) is 12.6. The lowest BCUT2D eigenvalue weighted by Gasteiger charge is -2.26. The molecular weight excluding hydrogens is 276 g/mol. The van der Waals surface area contributed by atoms with Crippen molar-refractivity contribution in [3.05, 3.63) is 28.8 Å². The van der Waals surface area contributed by atoms with E-state index >= 15 is 0 Å². The Labute approximate surface area is 125 Å². The van der Waals surface area contributed by atoms with Crippen LogP contribution in [0.4, 0.5) is 0 Å². The molecule has 0 saturated carbocycles. The smallest absolute Gasteiger partial charge is 0.167 e. The van der Waals surface area contributed by atoms with Crippen molar-refractivity contribution in [1.29, 1.82) is 0 Å². The number of halogens is 1. The van der Waals surface area contributed by atoms with Crippen molar-refractivity contribution >= 4 is 17.4 Å². The number of carbonyl (C=O) groups excluding carboxylic acids is 1. The number of rotatable bonds is 6. The lowest BCUT2D eigenvalue weighted by Crippen LogP contribution is -2.44. The van der Waals surface area contributed by atoms with Crippen LogP contribution in [0.2, 0.25) is 5.02 Å². The van der Waals surface area contributed by atoms with E-state index in [4.69, 9.17) is 16.3 Å². The fourth-order valence-electron chi connectivity index (χ4n) is 2.33. The van der Waals surface area contributed by atoms with E-state index in [0.717, 1.165) is 32.7 Å². The molecule has 20 heavy (non-hydrogen) atoms. The maximum absolute atomic E-state index is 12.4. The van der Waals surface area contributed by atoms with Crippen LogP contribution in [0, 0.1) is 0 Å². The number of carbonyl (C=O) groups is 1. The Morgan fingerprint density at radius 1 is 1.40 bits per heavy atom. The second-order valence-corrected chi connectivity index (χ2v) is 5.27. The zero-order chi connectivity index (χ0) is 14.4. The van der Waals surface area contributed by atoms with Gasteiger partial charge in [0.25, 0.3) is 0 Å². The molecule has 1 heterocycles. The maximum Gasteiger partial charge on any atom is 0.167 e. The molecule has 1 aliphatic rings. The van der Waals surface area contributed by atoms with Crippen molar-refractivity contribution in [3.8, 4) is 5.75 Å². The number of hydrogen-bond acceptors (Lipinski definition) is 4. The van der Waals surface area contributed by atoms with E-state index in [0.29, 0.717) is 29.4 Å². The largest absolute Gasteiger partial charge is 0.493 e. The molecule has 0 bridgehead atoms. The molecule has 0 amide bonds. The average Bonchev–Trinajstić information content (AvgIpc) is 2.48. The first-order valence-electron chi connectivity index (χ1n) is 7.09. The molecule has 1 aromatic rings. The minimum atomic E-state index is 0.0921. The van der Waals surface area contributed by atoms with Crippen molar-refractivity contribution in [3.63, 3.8) is 0 Å². The van der Waals surface area contributed by atoms with Crippen LogP contribution >= 0.6 is 11.6 Å². The van der Waals surface area contributed by atoms with Crippen molar-refractivity contribution in [2.24, 2.45) is 0 Å². The summed E-state index contributed by atoms with van der Waals surface area (Å²) in [5.74, 6) is 0.719. The molecule has 0 aliphatic carbocycles. The molecule has 110 valence electrons. The van der Waals surface area contributed by atoms with Gasteiger partial charge in [-0.15, -0.1) is 0 Å². The number of hydrogen-bond donors (Lipinski definition) is 1. The Bertz CT molecular complexity index is 459. The van der Waals surface area contributed by atoms with Gasteiger partial charge in [-0.05, 0) is 25.1 Å². The lowest BCUT2D eigenvalue weighted by molar-refractivity contribution is 0.0957. The minimum Gasteiger partial charge on any atom is -0.493 e. The van der Waals surface area contributed by atoms with Gasteiger partial charge in [0.1, 0.15) is 5.75 Å².